The van der Waals surface area contributed by atoms with E-state index in [1.165, 1.54) is 5.56 Å². The smallest absolute Gasteiger partial charge is 0.0521 e. The van der Waals surface area contributed by atoms with Crippen LogP contribution in [0.2, 0.25) is 0 Å². The zero-order chi connectivity index (χ0) is 12.1. The second-order valence-corrected chi connectivity index (χ2v) is 4.98. The molecule has 0 bridgehead atoms. The normalized spacial score (nSPS) is 15.4. The van der Waals surface area contributed by atoms with E-state index in [9.17, 15) is 0 Å². The molecular weight excluding hydrogens is 198 g/mol. The van der Waals surface area contributed by atoms with Crippen LogP contribution in [0.5, 0.6) is 0 Å². The Hall–Kier alpha value is -0.830. The summed E-state index contributed by atoms with van der Waals surface area (Å²) in [5.74, 6) is 1.36. The van der Waals surface area contributed by atoms with Gasteiger partial charge in [-0.25, -0.2) is 0 Å². The molecule has 0 saturated heterocycles. The first-order chi connectivity index (χ1) is 7.54. The van der Waals surface area contributed by atoms with Crippen LogP contribution >= 0.6 is 0 Å². The summed E-state index contributed by atoms with van der Waals surface area (Å²) in [6, 6.07) is 0.560. The summed E-state index contributed by atoms with van der Waals surface area (Å²) in [7, 11) is 1.97. The molecule has 1 rings (SSSR count). The van der Waals surface area contributed by atoms with Crippen molar-refractivity contribution in [3.63, 3.8) is 0 Å². The van der Waals surface area contributed by atoms with Crippen LogP contribution in [0.15, 0.2) is 12.4 Å². The highest BCUT2D eigenvalue weighted by molar-refractivity contribution is 5.05. The van der Waals surface area contributed by atoms with Gasteiger partial charge in [-0.3, -0.25) is 4.68 Å². The summed E-state index contributed by atoms with van der Waals surface area (Å²) in [6.07, 6.45) is 5.21. The molecule has 0 aliphatic carbocycles. The van der Waals surface area contributed by atoms with E-state index >= 15 is 0 Å². The van der Waals surface area contributed by atoms with Gasteiger partial charge < -0.3 is 5.32 Å². The molecule has 1 aromatic rings. The predicted molar refractivity (Wildman–Crippen MR) is 68.4 cm³/mol. The molecule has 0 spiro atoms. The third-order valence-electron chi connectivity index (χ3n) is 3.25. The first kappa shape index (κ1) is 13.2. The van der Waals surface area contributed by atoms with Crippen molar-refractivity contribution in [1.29, 1.82) is 0 Å². The van der Waals surface area contributed by atoms with Crippen LogP contribution in [-0.2, 0) is 13.5 Å². The van der Waals surface area contributed by atoms with E-state index in [0.717, 1.165) is 13.0 Å². The van der Waals surface area contributed by atoms with Crippen LogP contribution < -0.4 is 5.32 Å². The van der Waals surface area contributed by atoms with Crippen LogP contribution in [0, 0.1) is 11.8 Å². The van der Waals surface area contributed by atoms with Crippen molar-refractivity contribution >= 4 is 0 Å². The van der Waals surface area contributed by atoms with Gasteiger partial charge in [0, 0.05) is 19.3 Å². The first-order valence-electron chi connectivity index (χ1n) is 6.25. The summed E-state index contributed by atoms with van der Waals surface area (Å²) < 4.78 is 1.88. The maximum Gasteiger partial charge on any atom is 0.0521 e. The average Bonchev–Trinajstić information content (AvgIpc) is 2.60. The molecule has 0 saturated carbocycles. The molecule has 2 atom stereocenters. The molecule has 0 radical (unpaired) electrons. The Kier molecular flexibility index (Phi) is 5.00. The molecule has 3 nitrogen and oxygen atoms in total. The van der Waals surface area contributed by atoms with Gasteiger partial charge in [-0.05, 0) is 37.3 Å². The Labute approximate surface area is 99.2 Å². The Morgan fingerprint density at radius 1 is 1.38 bits per heavy atom. The van der Waals surface area contributed by atoms with Crippen LogP contribution in [0.25, 0.3) is 0 Å². The summed E-state index contributed by atoms with van der Waals surface area (Å²) in [5, 5.41) is 7.76. The van der Waals surface area contributed by atoms with Gasteiger partial charge >= 0.3 is 0 Å². The van der Waals surface area contributed by atoms with E-state index in [4.69, 9.17) is 0 Å². The van der Waals surface area contributed by atoms with Gasteiger partial charge in [0.05, 0.1) is 6.20 Å². The standard InChI is InChI=1S/C13H25N3/c1-6-14-11(4)13(10(2)3)7-12-8-15-16(5)9-12/h8-11,13-14H,6-7H2,1-5H3. The zero-order valence-corrected chi connectivity index (χ0v) is 11.2. The fraction of sp³-hybridized carbons (Fsp3) is 0.769. The van der Waals surface area contributed by atoms with Gasteiger partial charge in [-0.15, -0.1) is 0 Å². The largest absolute Gasteiger partial charge is 0.314 e. The van der Waals surface area contributed by atoms with E-state index in [1.807, 2.05) is 17.9 Å². The van der Waals surface area contributed by atoms with Gasteiger partial charge in [-0.2, -0.15) is 5.10 Å². The van der Waals surface area contributed by atoms with Crippen molar-refractivity contribution in [1.82, 2.24) is 15.1 Å². The van der Waals surface area contributed by atoms with E-state index in [1.54, 1.807) is 0 Å². The summed E-state index contributed by atoms with van der Waals surface area (Å²) in [5.41, 5.74) is 1.34. The highest BCUT2D eigenvalue weighted by Crippen LogP contribution is 2.20. The van der Waals surface area contributed by atoms with E-state index in [2.05, 4.69) is 44.3 Å². The lowest BCUT2D eigenvalue weighted by molar-refractivity contribution is 0.292. The number of aromatic nitrogens is 2. The molecule has 0 aliphatic heterocycles. The SMILES string of the molecule is CCNC(C)C(Cc1cnn(C)c1)C(C)C. The van der Waals surface area contributed by atoms with Crippen molar-refractivity contribution in [2.45, 2.75) is 40.2 Å². The topological polar surface area (TPSA) is 29.9 Å². The molecule has 1 heterocycles. The van der Waals surface area contributed by atoms with Crippen LogP contribution in [0.1, 0.15) is 33.3 Å². The van der Waals surface area contributed by atoms with Crippen LogP contribution in [0.3, 0.4) is 0 Å². The van der Waals surface area contributed by atoms with Gasteiger partial charge in [0.1, 0.15) is 0 Å². The fourth-order valence-electron chi connectivity index (χ4n) is 2.31. The van der Waals surface area contributed by atoms with Crippen molar-refractivity contribution in [2.24, 2.45) is 18.9 Å². The quantitative estimate of drug-likeness (QED) is 0.801. The number of nitrogens with zero attached hydrogens (tertiary/aromatic N) is 2. The van der Waals surface area contributed by atoms with E-state index < -0.39 is 0 Å². The molecule has 92 valence electrons. The van der Waals surface area contributed by atoms with Crippen LogP contribution in [-0.4, -0.2) is 22.4 Å². The number of aryl methyl sites for hydroxylation is 1. The zero-order valence-electron chi connectivity index (χ0n) is 11.2. The molecule has 3 heteroatoms. The van der Waals surface area contributed by atoms with Gasteiger partial charge in [0.25, 0.3) is 0 Å². The average molecular weight is 223 g/mol. The minimum Gasteiger partial charge on any atom is -0.314 e. The minimum absolute atomic E-state index is 0.560. The molecule has 1 aromatic heterocycles. The molecule has 16 heavy (non-hydrogen) atoms. The summed E-state index contributed by atoms with van der Waals surface area (Å²) in [4.78, 5) is 0. The second kappa shape index (κ2) is 6.04. The lowest BCUT2D eigenvalue weighted by Crippen LogP contribution is -2.37. The predicted octanol–water partition coefficient (Wildman–Crippen LogP) is 2.23. The molecule has 0 aromatic carbocycles. The Balaban J connectivity index is 2.64. The van der Waals surface area contributed by atoms with E-state index in [-0.39, 0.29) is 0 Å². The highest BCUT2D eigenvalue weighted by atomic mass is 15.2. The fourth-order valence-corrected chi connectivity index (χ4v) is 2.31. The van der Waals surface area contributed by atoms with Crippen LogP contribution in [0.4, 0.5) is 0 Å². The van der Waals surface area contributed by atoms with Crippen molar-refractivity contribution in [3.8, 4) is 0 Å². The van der Waals surface area contributed by atoms with Gasteiger partial charge in [0.2, 0.25) is 0 Å². The second-order valence-electron chi connectivity index (χ2n) is 4.98. The Morgan fingerprint density at radius 3 is 2.50 bits per heavy atom. The molecule has 0 fully saturated rings. The van der Waals surface area contributed by atoms with Gasteiger partial charge in [0.15, 0.2) is 0 Å². The molecule has 0 amide bonds. The number of hydrogen-bond donors (Lipinski definition) is 1. The Morgan fingerprint density at radius 2 is 2.06 bits per heavy atom. The van der Waals surface area contributed by atoms with Crippen molar-refractivity contribution in [3.05, 3.63) is 18.0 Å². The van der Waals surface area contributed by atoms with E-state index in [0.29, 0.717) is 17.9 Å². The molecule has 0 aliphatic rings. The van der Waals surface area contributed by atoms with Crippen molar-refractivity contribution in [2.75, 3.05) is 6.54 Å². The van der Waals surface area contributed by atoms with Gasteiger partial charge in [-0.1, -0.05) is 20.8 Å². The summed E-state index contributed by atoms with van der Waals surface area (Å²) in [6.45, 7) is 10.1. The molecular formula is C13H25N3. The highest BCUT2D eigenvalue weighted by Gasteiger charge is 2.20. The summed E-state index contributed by atoms with van der Waals surface area (Å²) >= 11 is 0. The maximum absolute atomic E-state index is 4.23. The first-order valence-corrected chi connectivity index (χ1v) is 6.25. The van der Waals surface area contributed by atoms with Crippen molar-refractivity contribution < 1.29 is 0 Å². The maximum atomic E-state index is 4.23. The molecule has 1 N–H and O–H groups in total. The lowest BCUT2D eigenvalue weighted by Gasteiger charge is -2.27. The molecule has 2 unspecified atom stereocenters. The monoisotopic (exact) mass is 223 g/mol. The third kappa shape index (κ3) is 3.63. The minimum atomic E-state index is 0.560. The Bertz CT molecular complexity index is 304. The number of nitrogens with one attached hydrogen (secondary N) is 1. The number of hydrogen-bond acceptors (Lipinski definition) is 2. The number of rotatable bonds is 6. The lowest BCUT2D eigenvalue weighted by atomic mass is 9.84. The third-order valence-corrected chi connectivity index (χ3v) is 3.25.